The summed E-state index contributed by atoms with van der Waals surface area (Å²) in [5, 5.41) is 3.33. The first-order valence-corrected chi connectivity index (χ1v) is 6.22. The highest BCUT2D eigenvalue weighted by Crippen LogP contribution is 2.19. The maximum Gasteiger partial charge on any atom is 0.0317 e. The first kappa shape index (κ1) is 12.5. The average Bonchev–Trinajstić information content (AvgIpc) is 2.26. The van der Waals surface area contributed by atoms with Crippen LogP contribution in [0.3, 0.4) is 0 Å². The molecule has 0 aromatic heterocycles. The molecular formula is C13H16IN. The van der Waals surface area contributed by atoms with Gasteiger partial charge in [0.05, 0.1) is 0 Å². The molecule has 0 saturated heterocycles. The first-order valence-electron chi connectivity index (χ1n) is 5.14. The van der Waals surface area contributed by atoms with Gasteiger partial charge in [-0.1, -0.05) is 12.1 Å². The van der Waals surface area contributed by atoms with Crippen LogP contribution in [0.15, 0.2) is 24.3 Å². The molecule has 0 fully saturated rings. The van der Waals surface area contributed by atoms with Gasteiger partial charge in [0.1, 0.15) is 0 Å². The van der Waals surface area contributed by atoms with E-state index < -0.39 is 0 Å². The topological polar surface area (TPSA) is 12.0 Å². The van der Waals surface area contributed by atoms with Gasteiger partial charge in [0.15, 0.2) is 0 Å². The molecular weight excluding hydrogens is 297 g/mol. The SMILES string of the molecule is C#CCCCC(NC)c1ccc(I)cc1. The maximum atomic E-state index is 5.24. The molecule has 0 spiro atoms. The van der Waals surface area contributed by atoms with E-state index in [9.17, 15) is 0 Å². The van der Waals surface area contributed by atoms with Gasteiger partial charge in [-0.05, 0) is 60.2 Å². The Morgan fingerprint density at radius 3 is 2.60 bits per heavy atom. The van der Waals surface area contributed by atoms with Gasteiger partial charge in [-0.2, -0.15) is 0 Å². The molecule has 0 aliphatic carbocycles. The molecule has 0 aliphatic heterocycles. The van der Waals surface area contributed by atoms with Crippen LogP contribution in [0.5, 0.6) is 0 Å². The van der Waals surface area contributed by atoms with E-state index in [1.54, 1.807) is 0 Å². The smallest absolute Gasteiger partial charge is 0.0317 e. The van der Waals surface area contributed by atoms with Gasteiger partial charge in [-0.3, -0.25) is 0 Å². The number of hydrogen-bond acceptors (Lipinski definition) is 1. The van der Waals surface area contributed by atoms with Crippen LogP contribution in [0.25, 0.3) is 0 Å². The quantitative estimate of drug-likeness (QED) is 0.499. The molecule has 0 radical (unpaired) electrons. The minimum atomic E-state index is 0.426. The van der Waals surface area contributed by atoms with Crippen molar-refractivity contribution in [3.8, 4) is 12.3 Å². The number of hydrogen-bond donors (Lipinski definition) is 1. The van der Waals surface area contributed by atoms with Crippen molar-refractivity contribution >= 4 is 22.6 Å². The largest absolute Gasteiger partial charge is 0.313 e. The molecule has 1 atom stereocenters. The summed E-state index contributed by atoms with van der Waals surface area (Å²) in [6.07, 6.45) is 8.28. The summed E-state index contributed by atoms with van der Waals surface area (Å²) in [5.74, 6) is 2.68. The third-order valence-electron chi connectivity index (χ3n) is 2.43. The predicted octanol–water partition coefficient (Wildman–Crippen LogP) is 3.36. The van der Waals surface area contributed by atoms with Crippen LogP contribution < -0.4 is 5.32 Å². The minimum Gasteiger partial charge on any atom is -0.313 e. The summed E-state index contributed by atoms with van der Waals surface area (Å²) < 4.78 is 1.27. The van der Waals surface area contributed by atoms with Crippen molar-refractivity contribution in [2.24, 2.45) is 0 Å². The van der Waals surface area contributed by atoms with Crippen LogP contribution >= 0.6 is 22.6 Å². The lowest BCUT2D eigenvalue weighted by molar-refractivity contribution is 0.532. The molecule has 0 aliphatic rings. The fourth-order valence-electron chi connectivity index (χ4n) is 1.58. The Morgan fingerprint density at radius 2 is 2.07 bits per heavy atom. The second kappa shape index (κ2) is 6.86. The van der Waals surface area contributed by atoms with Crippen LogP contribution in [0, 0.1) is 15.9 Å². The van der Waals surface area contributed by atoms with E-state index >= 15 is 0 Å². The Morgan fingerprint density at radius 1 is 1.40 bits per heavy atom. The van der Waals surface area contributed by atoms with E-state index in [4.69, 9.17) is 6.42 Å². The molecule has 1 aromatic rings. The average molecular weight is 313 g/mol. The lowest BCUT2D eigenvalue weighted by Crippen LogP contribution is -2.16. The number of halogens is 1. The van der Waals surface area contributed by atoms with Crippen molar-refractivity contribution in [2.45, 2.75) is 25.3 Å². The fraction of sp³-hybridized carbons (Fsp3) is 0.385. The fourth-order valence-corrected chi connectivity index (χ4v) is 1.94. The monoisotopic (exact) mass is 313 g/mol. The van der Waals surface area contributed by atoms with Crippen molar-refractivity contribution in [3.63, 3.8) is 0 Å². The van der Waals surface area contributed by atoms with Crippen molar-refractivity contribution < 1.29 is 0 Å². The molecule has 0 bridgehead atoms. The zero-order valence-corrected chi connectivity index (χ0v) is 11.1. The van der Waals surface area contributed by atoms with Gasteiger partial charge < -0.3 is 5.32 Å². The van der Waals surface area contributed by atoms with Crippen molar-refractivity contribution in [1.82, 2.24) is 5.32 Å². The Hall–Kier alpha value is -0.530. The number of benzene rings is 1. The van der Waals surface area contributed by atoms with Crippen molar-refractivity contribution in [1.29, 1.82) is 0 Å². The van der Waals surface area contributed by atoms with Gasteiger partial charge >= 0.3 is 0 Å². The van der Waals surface area contributed by atoms with Gasteiger partial charge in [-0.25, -0.2) is 0 Å². The Balaban J connectivity index is 2.58. The van der Waals surface area contributed by atoms with Crippen molar-refractivity contribution in [3.05, 3.63) is 33.4 Å². The van der Waals surface area contributed by atoms with E-state index in [2.05, 4.69) is 58.1 Å². The first-order chi connectivity index (χ1) is 7.27. The Bertz CT molecular complexity index is 323. The second-order valence-corrected chi connectivity index (χ2v) is 4.73. The normalized spacial score (nSPS) is 12.1. The van der Waals surface area contributed by atoms with Gasteiger partial charge in [0.2, 0.25) is 0 Å². The second-order valence-electron chi connectivity index (χ2n) is 3.49. The van der Waals surface area contributed by atoms with Crippen LogP contribution in [0.1, 0.15) is 30.9 Å². The van der Waals surface area contributed by atoms with Crippen LogP contribution in [0.4, 0.5) is 0 Å². The summed E-state index contributed by atoms with van der Waals surface area (Å²) >= 11 is 2.32. The summed E-state index contributed by atoms with van der Waals surface area (Å²) in [6, 6.07) is 9.07. The molecule has 1 aromatic carbocycles. The molecule has 80 valence electrons. The van der Waals surface area contributed by atoms with E-state index in [-0.39, 0.29) is 0 Å². The molecule has 1 nitrogen and oxygen atoms in total. The summed E-state index contributed by atoms with van der Waals surface area (Å²) in [4.78, 5) is 0. The van der Waals surface area contributed by atoms with Gasteiger partial charge in [0, 0.05) is 16.0 Å². The van der Waals surface area contributed by atoms with Crippen LogP contribution in [-0.2, 0) is 0 Å². The van der Waals surface area contributed by atoms with Crippen molar-refractivity contribution in [2.75, 3.05) is 7.05 Å². The third kappa shape index (κ3) is 4.23. The van der Waals surface area contributed by atoms with E-state index in [0.717, 1.165) is 19.3 Å². The number of nitrogens with one attached hydrogen (secondary N) is 1. The standard InChI is InChI=1S/C13H16IN/c1-3-4-5-6-13(15-2)11-7-9-12(14)10-8-11/h1,7-10,13,15H,4-6H2,2H3. The van der Waals surface area contributed by atoms with Gasteiger partial charge in [-0.15, -0.1) is 12.3 Å². The number of terminal acetylenes is 1. The number of unbranched alkanes of at least 4 members (excludes halogenated alkanes) is 1. The van der Waals surface area contributed by atoms with Crippen LogP contribution in [0.2, 0.25) is 0 Å². The molecule has 1 rings (SSSR count). The minimum absolute atomic E-state index is 0.426. The highest BCUT2D eigenvalue weighted by atomic mass is 127. The Labute approximate surface area is 106 Å². The lowest BCUT2D eigenvalue weighted by Gasteiger charge is -2.15. The van der Waals surface area contributed by atoms with Gasteiger partial charge in [0.25, 0.3) is 0 Å². The highest BCUT2D eigenvalue weighted by molar-refractivity contribution is 14.1. The molecule has 0 heterocycles. The summed E-state index contributed by atoms with van der Waals surface area (Å²) in [5.41, 5.74) is 1.34. The van der Waals surface area contributed by atoms with Crippen LogP contribution in [-0.4, -0.2) is 7.05 Å². The Kier molecular flexibility index (Phi) is 5.74. The lowest BCUT2D eigenvalue weighted by atomic mass is 10.0. The predicted molar refractivity (Wildman–Crippen MR) is 73.6 cm³/mol. The molecule has 0 amide bonds. The highest BCUT2D eigenvalue weighted by Gasteiger charge is 2.07. The molecule has 2 heteroatoms. The van der Waals surface area contributed by atoms with E-state index in [1.807, 2.05) is 7.05 Å². The zero-order valence-electron chi connectivity index (χ0n) is 8.96. The third-order valence-corrected chi connectivity index (χ3v) is 3.15. The van der Waals surface area contributed by atoms with E-state index in [1.165, 1.54) is 9.13 Å². The van der Waals surface area contributed by atoms with E-state index in [0.29, 0.717) is 6.04 Å². The maximum absolute atomic E-state index is 5.24. The molecule has 1 N–H and O–H groups in total. The molecule has 1 unspecified atom stereocenters. The number of rotatable bonds is 5. The zero-order chi connectivity index (χ0) is 11.1. The summed E-state index contributed by atoms with van der Waals surface area (Å²) in [7, 11) is 2.00. The molecule has 15 heavy (non-hydrogen) atoms. The summed E-state index contributed by atoms with van der Waals surface area (Å²) in [6.45, 7) is 0. The molecule has 0 saturated carbocycles.